The van der Waals surface area contributed by atoms with Crippen molar-refractivity contribution in [1.82, 2.24) is 0 Å². The molecule has 0 aliphatic rings. The molecule has 0 spiro atoms. The molecule has 0 atom stereocenters. The van der Waals surface area contributed by atoms with Crippen molar-refractivity contribution < 1.29 is 13.9 Å². The van der Waals surface area contributed by atoms with Crippen molar-refractivity contribution in [3.63, 3.8) is 0 Å². The van der Waals surface area contributed by atoms with Crippen LogP contribution in [0, 0.1) is 26.6 Å². The van der Waals surface area contributed by atoms with E-state index in [-0.39, 0.29) is 17.9 Å². The van der Waals surface area contributed by atoms with E-state index in [1.54, 1.807) is 6.92 Å². The van der Waals surface area contributed by atoms with Gasteiger partial charge in [-0.3, -0.25) is 0 Å². The van der Waals surface area contributed by atoms with Gasteiger partial charge in [0.1, 0.15) is 12.4 Å². The van der Waals surface area contributed by atoms with E-state index >= 15 is 0 Å². The Hall–Kier alpha value is -2.36. The SMILES string of the molecule is Cc1ccc(COC(=O)c2cc(N)c(C)c(F)c2)cc1C. The molecule has 0 aliphatic carbocycles. The Morgan fingerprint density at radius 2 is 1.86 bits per heavy atom. The molecule has 4 heteroatoms. The predicted octanol–water partition coefficient (Wildman–Crippen LogP) is 3.69. The van der Waals surface area contributed by atoms with Crippen molar-refractivity contribution in [1.29, 1.82) is 0 Å². The molecule has 0 saturated carbocycles. The van der Waals surface area contributed by atoms with E-state index in [9.17, 15) is 9.18 Å². The van der Waals surface area contributed by atoms with Crippen LogP contribution in [0.25, 0.3) is 0 Å². The third-order valence-corrected chi connectivity index (χ3v) is 3.56. The van der Waals surface area contributed by atoms with E-state index in [0.29, 0.717) is 5.56 Å². The summed E-state index contributed by atoms with van der Waals surface area (Å²) in [4.78, 5) is 11.9. The molecule has 0 radical (unpaired) electrons. The zero-order valence-corrected chi connectivity index (χ0v) is 12.4. The normalized spacial score (nSPS) is 10.5. The van der Waals surface area contributed by atoms with Gasteiger partial charge >= 0.3 is 5.97 Å². The quantitative estimate of drug-likeness (QED) is 0.692. The smallest absolute Gasteiger partial charge is 0.338 e. The Morgan fingerprint density at radius 3 is 2.48 bits per heavy atom. The molecular formula is C17H18FNO2. The number of esters is 1. The minimum atomic E-state index is -0.584. The van der Waals surface area contributed by atoms with Crippen molar-refractivity contribution in [2.45, 2.75) is 27.4 Å². The number of carbonyl (C=O) groups is 1. The number of hydrogen-bond acceptors (Lipinski definition) is 3. The Labute approximate surface area is 123 Å². The Balaban J connectivity index is 2.10. The molecule has 0 heterocycles. The Kier molecular flexibility index (Phi) is 4.26. The number of nitrogen functional groups attached to an aromatic ring is 1. The lowest BCUT2D eigenvalue weighted by atomic mass is 10.1. The standard InChI is InChI=1S/C17H18FNO2/c1-10-4-5-13(6-11(10)2)9-21-17(20)14-7-15(18)12(3)16(19)8-14/h4-8H,9,19H2,1-3H3. The number of anilines is 1. The maximum Gasteiger partial charge on any atom is 0.338 e. The number of ether oxygens (including phenoxy) is 1. The average Bonchev–Trinajstić information content (AvgIpc) is 2.45. The van der Waals surface area contributed by atoms with E-state index < -0.39 is 11.8 Å². The topological polar surface area (TPSA) is 52.3 Å². The second kappa shape index (κ2) is 5.95. The molecular weight excluding hydrogens is 269 g/mol. The first-order valence-electron chi connectivity index (χ1n) is 6.67. The summed E-state index contributed by atoms with van der Waals surface area (Å²) < 4.78 is 18.8. The van der Waals surface area contributed by atoms with Gasteiger partial charge in [0, 0.05) is 11.3 Å². The molecule has 0 fully saturated rings. The minimum Gasteiger partial charge on any atom is -0.457 e. The summed E-state index contributed by atoms with van der Waals surface area (Å²) in [6.07, 6.45) is 0. The van der Waals surface area contributed by atoms with Crippen LogP contribution in [0.15, 0.2) is 30.3 Å². The lowest BCUT2D eigenvalue weighted by Crippen LogP contribution is -2.07. The molecule has 0 aliphatic heterocycles. The number of nitrogens with two attached hydrogens (primary N) is 1. The highest BCUT2D eigenvalue weighted by Crippen LogP contribution is 2.19. The molecule has 2 N–H and O–H groups in total. The largest absolute Gasteiger partial charge is 0.457 e. The number of benzene rings is 2. The number of aryl methyl sites for hydroxylation is 2. The van der Waals surface area contributed by atoms with Gasteiger partial charge in [0.25, 0.3) is 0 Å². The number of halogens is 1. The summed E-state index contributed by atoms with van der Waals surface area (Å²) in [6.45, 7) is 5.73. The molecule has 0 saturated heterocycles. The van der Waals surface area contributed by atoms with Crippen LogP contribution in [0.1, 0.15) is 32.6 Å². The van der Waals surface area contributed by atoms with Gasteiger partial charge in [-0.2, -0.15) is 0 Å². The van der Waals surface area contributed by atoms with Crippen LogP contribution in [0.5, 0.6) is 0 Å². The van der Waals surface area contributed by atoms with Gasteiger partial charge in [-0.15, -0.1) is 0 Å². The highest BCUT2D eigenvalue weighted by molar-refractivity contribution is 5.90. The molecule has 0 aromatic heterocycles. The first kappa shape index (κ1) is 15.0. The fourth-order valence-electron chi connectivity index (χ4n) is 1.94. The van der Waals surface area contributed by atoms with Gasteiger partial charge in [-0.25, -0.2) is 9.18 Å². The number of rotatable bonds is 3. The molecule has 110 valence electrons. The van der Waals surface area contributed by atoms with Gasteiger partial charge < -0.3 is 10.5 Å². The fraction of sp³-hybridized carbons (Fsp3) is 0.235. The summed E-state index contributed by atoms with van der Waals surface area (Å²) in [5.41, 5.74) is 9.57. The van der Waals surface area contributed by atoms with Crippen LogP contribution in [0.2, 0.25) is 0 Å². The van der Waals surface area contributed by atoms with Gasteiger partial charge in [-0.05, 0) is 49.6 Å². The summed E-state index contributed by atoms with van der Waals surface area (Å²) in [5.74, 6) is -1.09. The van der Waals surface area contributed by atoms with Gasteiger partial charge in [0.2, 0.25) is 0 Å². The van der Waals surface area contributed by atoms with Gasteiger partial charge in [0.15, 0.2) is 0 Å². The zero-order chi connectivity index (χ0) is 15.6. The molecule has 2 rings (SSSR count). The monoisotopic (exact) mass is 287 g/mol. The second-order valence-corrected chi connectivity index (χ2v) is 5.17. The first-order chi connectivity index (χ1) is 9.88. The number of carbonyl (C=O) groups excluding carboxylic acids is 1. The maximum atomic E-state index is 13.6. The number of hydrogen-bond donors (Lipinski definition) is 1. The molecule has 3 nitrogen and oxygen atoms in total. The van der Waals surface area contributed by atoms with Gasteiger partial charge in [-0.1, -0.05) is 18.2 Å². The van der Waals surface area contributed by atoms with Crippen molar-refractivity contribution in [3.8, 4) is 0 Å². The molecule has 0 amide bonds. The Morgan fingerprint density at radius 1 is 1.14 bits per heavy atom. The molecule has 0 bridgehead atoms. The summed E-state index contributed by atoms with van der Waals surface area (Å²) in [6, 6.07) is 8.42. The molecule has 0 unspecified atom stereocenters. The van der Waals surface area contributed by atoms with Crippen LogP contribution in [-0.4, -0.2) is 5.97 Å². The van der Waals surface area contributed by atoms with Crippen molar-refractivity contribution in [2.24, 2.45) is 0 Å². The summed E-state index contributed by atoms with van der Waals surface area (Å²) in [7, 11) is 0. The molecule has 2 aromatic rings. The summed E-state index contributed by atoms with van der Waals surface area (Å²) in [5, 5.41) is 0. The van der Waals surface area contributed by atoms with E-state index in [1.165, 1.54) is 11.6 Å². The highest BCUT2D eigenvalue weighted by Gasteiger charge is 2.12. The van der Waals surface area contributed by atoms with Crippen LogP contribution in [0.3, 0.4) is 0 Å². The molecule has 2 aromatic carbocycles. The zero-order valence-electron chi connectivity index (χ0n) is 12.4. The van der Waals surface area contributed by atoms with E-state index in [2.05, 4.69) is 0 Å². The molecule has 21 heavy (non-hydrogen) atoms. The average molecular weight is 287 g/mol. The van der Waals surface area contributed by atoms with Crippen LogP contribution in [0.4, 0.5) is 10.1 Å². The van der Waals surface area contributed by atoms with Crippen molar-refractivity contribution in [3.05, 3.63) is 64.0 Å². The Bertz CT molecular complexity index is 672. The van der Waals surface area contributed by atoms with Crippen LogP contribution >= 0.6 is 0 Å². The highest BCUT2D eigenvalue weighted by atomic mass is 19.1. The minimum absolute atomic E-state index is 0.124. The second-order valence-electron chi connectivity index (χ2n) is 5.17. The van der Waals surface area contributed by atoms with Crippen LogP contribution < -0.4 is 5.73 Å². The third kappa shape index (κ3) is 3.40. The van der Waals surface area contributed by atoms with E-state index in [1.807, 2.05) is 32.0 Å². The lowest BCUT2D eigenvalue weighted by Gasteiger charge is -2.09. The van der Waals surface area contributed by atoms with E-state index in [4.69, 9.17) is 10.5 Å². The summed E-state index contributed by atoms with van der Waals surface area (Å²) >= 11 is 0. The van der Waals surface area contributed by atoms with Crippen LogP contribution in [-0.2, 0) is 11.3 Å². The third-order valence-electron chi connectivity index (χ3n) is 3.56. The predicted molar refractivity (Wildman–Crippen MR) is 80.6 cm³/mol. The van der Waals surface area contributed by atoms with Crippen molar-refractivity contribution >= 4 is 11.7 Å². The van der Waals surface area contributed by atoms with E-state index in [0.717, 1.165) is 17.2 Å². The fourth-order valence-corrected chi connectivity index (χ4v) is 1.94. The van der Waals surface area contributed by atoms with Crippen molar-refractivity contribution in [2.75, 3.05) is 5.73 Å². The van der Waals surface area contributed by atoms with Gasteiger partial charge in [0.05, 0.1) is 5.56 Å². The lowest BCUT2D eigenvalue weighted by molar-refractivity contribution is 0.0472. The first-order valence-corrected chi connectivity index (χ1v) is 6.67. The maximum absolute atomic E-state index is 13.6.